The highest BCUT2D eigenvalue weighted by atomic mass is 15.0. The van der Waals surface area contributed by atoms with Gasteiger partial charge in [0.15, 0.2) is 5.82 Å². The SMILES string of the molecule is NC(=Nc1ccccn1)c1cncnc1. The lowest BCUT2D eigenvalue weighted by molar-refractivity contribution is 1.15. The number of aromatic nitrogens is 3. The van der Waals surface area contributed by atoms with Crippen molar-refractivity contribution < 1.29 is 0 Å². The van der Waals surface area contributed by atoms with Gasteiger partial charge in [-0.25, -0.2) is 19.9 Å². The van der Waals surface area contributed by atoms with Crippen LogP contribution in [0, 0.1) is 0 Å². The molecule has 0 bridgehead atoms. The van der Waals surface area contributed by atoms with Crippen molar-refractivity contribution >= 4 is 11.7 Å². The Bertz CT molecular complexity index is 452. The second-order valence-electron chi connectivity index (χ2n) is 2.81. The van der Waals surface area contributed by atoms with Gasteiger partial charge in [0.2, 0.25) is 0 Å². The van der Waals surface area contributed by atoms with Gasteiger partial charge < -0.3 is 5.73 Å². The molecule has 0 radical (unpaired) electrons. The van der Waals surface area contributed by atoms with E-state index in [9.17, 15) is 0 Å². The van der Waals surface area contributed by atoms with Gasteiger partial charge in [-0.15, -0.1) is 0 Å². The molecule has 2 heterocycles. The van der Waals surface area contributed by atoms with E-state index in [1.807, 2.05) is 12.1 Å². The van der Waals surface area contributed by atoms with Crippen molar-refractivity contribution in [3.8, 4) is 0 Å². The molecule has 5 heteroatoms. The first kappa shape index (κ1) is 9.26. The van der Waals surface area contributed by atoms with Gasteiger partial charge in [0.25, 0.3) is 0 Å². The van der Waals surface area contributed by atoms with Crippen molar-refractivity contribution in [2.45, 2.75) is 0 Å². The summed E-state index contributed by atoms with van der Waals surface area (Å²) in [4.78, 5) is 15.9. The van der Waals surface area contributed by atoms with Crippen LogP contribution in [0.5, 0.6) is 0 Å². The molecule has 0 spiro atoms. The lowest BCUT2D eigenvalue weighted by Crippen LogP contribution is -2.13. The quantitative estimate of drug-likeness (QED) is 0.576. The van der Waals surface area contributed by atoms with Crippen LogP contribution in [0.4, 0.5) is 5.82 Å². The summed E-state index contributed by atoms with van der Waals surface area (Å²) < 4.78 is 0. The molecule has 2 aromatic rings. The number of nitrogens with zero attached hydrogens (tertiary/aromatic N) is 4. The third-order valence-electron chi connectivity index (χ3n) is 1.74. The first-order valence-electron chi connectivity index (χ1n) is 4.37. The third kappa shape index (κ3) is 2.34. The molecule has 0 aliphatic rings. The first-order chi connectivity index (χ1) is 7.36. The van der Waals surface area contributed by atoms with Crippen LogP contribution in [0.15, 0.2) is 48.1 Å². The molecule has 74 valence electrons. The van der Waals surface area contributed by atoms with Crippen LogP contribution in [-0.2, 0) is 0 Å². The van der Waals surface area contributed by atoms with Gasteiger partial charge in [-0.3, -0.25) is 0 Å². The fourth-order valence-electron chi connectivity index (χ4n) is 1.04. The zero-order chi connectivity index (χ0) is 10.5. The highest BCUT2D eigenvalue weighted by Crippen LogP contribution is 2.06. The molecule has 0 fully saturated rings. The van der Waals surface area contributed by atoms with Gasteiger partial charge in [0.05, 0.1) is 5.56 Å². The molecular formula is C10H9N5. The van der Waals surface area contributed by atoms with Crippen molar-refractivity contribution in [1.29, 1.82) is 0 Å². The largest absolute Gasteiger partial charge is 0.383 e. The number of rotatable bonds is 2. The molecule has 5 nitrogen and oxygen atoms in total. The smallest absolute Gasteiger partial charge is 0.154 e. The van der Waals surface area contributed by atoms with Crippen LogP contribution in [0.3, 0.4) is 0 Å². The fraction of sp³-hybridized carbons (Fsp3) is 0. The van der Waals surface area contributed by atoms with Crippen molar-refractivity contribution in [3.63, 3.8) is 0 Å². The number of pyridine rings is 1. The van der Waals surface area contributed by atoms with Gasteiger partial charge >= 0.3 is 0 Å². The molecule has 0 unspecified atom stereocenters. The average Bonchev–Trinajstić information content (AvgIpc) is 2.31. The van der Waals surface area contributed by atoms with Crippen molar-refractivity contribution in [2.75, 3.05) is 0 Å². The Morgan fingerprint density at radius 2 is 2.00 bits per heavy atom. The van der Waals surface area contributed by atoms with Crippen LogP contribution in [0.2, 0.25) is 0 Å². The van der Waals surface area contributed by atoms with Gasteiger partial charge in [0, 0.05) is 18.6 Å². The van der Waals surface area contributed by atoms with Crippen molar-refractivity contribution in [2.24, 2.45) is 10.7 Å². The highest BCUT2D eigenvalue weighted by molar-refractivity contribution is 5.98. The van der Waals surface area contributed by atoms with Gasteiger partial charge in [-0.1, -0.05) is 6.07 Å². The summed E-state index contributed by atoms with van der Waals surface area (Å²) in [5.41, 5.74) is 6.44. The minimum Gasteiger partial charge on any atom is -0.383 e. The number of nitrogens with two attached hydrogens (primary N) is 1. The normalized spacial score (nSPS) is 11.3. The zero-order valence-corrected chi connectivity index (χ0v) is 7.91. The monoisotopic (exact) mass is 199 g/mol. The number of hydrogen-bond acceptors (Lipinski definition) is 4. The summed E-state index contributed by atoms with van der Waals surface area (Å²) in [5, 5.41) is 0. The molecule has 0 saturated carbocycles. The van der Waals surface area contributed by atoms with E-state index in [2.05, 4.69) is 19.9 Å². The lowest BCUT2D eigenvalue weighted by atomic mass is 10.3. The van der Waals surface area contributed by atoms with Gasteiger partial charge in [-0.05, 0) is 12.1 Å². The number of aliphatic imine (C=N–C) groups is 1. The summed E-state index contributed by atoms with van der Waals surface area (Å²) >= 11 is 0. The number of hydrogen-bond donors (Lipinski definition) is 1. The second-order valence-corrected chi connectivity index (χ2v) is 2.81. The fourth-order valence-corrected chi connectivity index (χ4v) is 1.04. The predicted molar refractivity (Wildman–Crippen MR) is 56.7 cm³/mol. The molecular weight excluding hydrogens is 190 g/mol. The Kier molecular flexibility index (Phi) is 2.64. The molecule has 0 aliphatic carbocycles. The molecule has 0 aliphatic heterocycles. The Morgan fingerprint density at radius 1 is 1.20 bits per heavy atom. The van der Waals surface area contributed by atoms with E-state index in [0.29, 0.717) is 17.2 Å². The van der Waals surface area contributed by atoms with Crippen LogP contribution in [0.25, 0.3) is 0 Å². The second kappa shape index (κ2) is 4.28. The van der Waals surface area contributed by atoms with Crippen LogP contribution >= 0.6 is 0 Å². The van der Waals surface area contributed by atoms with E-state index in [-0.39, 0.29) is 0 Å². The summed E-state index contributed by atoms with van der Waals surface area (Å²) in [7, 11) is 0. The lowest BCUT2D eigenvalue weighted by Gasteiger charge is -1.98. The average molecular weight is 199 g/mol. The van der Waals surface area contributed by atoms with Crippen LogP contribution in [-0.4, -0.2) is 20.8 Å². The maximum absolute atomic E-state index is 5.76. The van der Waals surface area contributed by atoms with Gasteiger partial charge in [-0.2, -0.15) is 0 Å². The van der Waals surface area contributed by atoms with Gasteiger partial charge in [0.1, 0.15) is 12.2 Å². The minimum absolute atomic E-state index is 0.356. The molecule has 2 rings (SSSR count). The van der Waals surface area contributed by atoms with Crippen molar-refractivity contribution in [1.82, 2.24) is 15.0 Å². The van der Waals surface area contributed by atoms with E-state index in [1.165, 1.54) is 6.33 Å². The summed E-state index contributed by atoms with van der Waals surface area (Å²) in [6.45, 7) is 0. The molecule has 0 saturated heterocycles. The zero-order valence-electron chi connectivity index (χ0n) is 7.91. The number of amidine groups is 1. The van der Waals surface area contributed by atoms with E-state index in [0.717, 1.165) is 0 Å². The molecule has 0 amide bonds. The van der Waals surface area contributed by atoms with E-state index < -0.39 is 0 Å². The molecule has 2 N–H and O–H groups in total. The predicted octanol–water partition coefficient (Wildman–Crippen LogP) is 0.909. The topological polar surface area (TPSA) is 77.0 Å². The van der Waals surface area contributed by atoms with Crippen molar-refractivity contribution in [3.05, 3.63) is 48.7 Å². The summed E-state index contributed by atoms with van der Waals surface area (Å²) in [6, 6.07) is 5.44. The molecule has 15 heavy (non-hydrogen) atoms. The summed E-state index contributed by atoms with van der Waals surface area (Å²) in [6.07, 6.45) is 6.31. The molecule has 0 atom stereocenters. The Balaban J connectivity index is 2.29. The third-order valence-corrected chi connectivity index (χ3v) is 1.74. The van der Waals surface area contributed by atoms with E-state index in [1.54, 1.807) is 24.7 Å². The summed E-state index contributed by atoms with van der Waals surface area (Å²) in [5.74, 6) is 0.924. The van der Waals surface area contributed by atoms with Crippen LogP contribution in [0.1, 0.15) is 5.56 Å². The molecule has 2 aromatic heterocycles. The van der Waals surface area contributed by atoms with E-state index >= 15 is 0 Å². The minimum atomic E-state index is 0.356. The maximum atomic E-state index is 5.76. The molecule has 0 aromatic carbocycles. The Morgan fingerprint density at radius 3 is 2.67 bits per heavy atom. The maximum Gasteiger partial charge on any atom is 0.154 e. The highest BCUT2D eigenvalue weighted by Gasteiger charge is 1.98. The standard InChI is InChI=1S/C10H9N5/c11-10(8-5-12-7-13-6-8)15-9-3-1-2-4-14-9/h1-7H,(H2,11,14,15). The Hall–Kier alpha value is -2.30. The van der Waals surface area contributed by atoms with E-state index in [4.69, 9.17) is 5.73 Å². The first-order valence-corrected chi connectivity index (χ1v) is 4.37. The Labute approximate surface area is 86.7 Å². The van der Waals surface area contributed by atoms with Crippen LogP contribution < -0.4 is 5.73 Å².